The Kier molecular flexibility index (Phi) is 10.4. The maximum absolute atomic E-state index is 12.7. The van der Waals surface area contributed by atoms with Crippen molar-refractivity contribution in [2.75, 3.05) is 28.4 Å². The quantitative estimate of drug-likeness (QED) is 0.329. The summed E-state index contributed by atoms with van der Waals surface area (Å²) in [5, 5.41) is 10.2. The third-order valence-corrected chi connectivity index (χ3v) is 5.73. The molecule has 0 fully saturated rings. The zero-order valence-electron chi connectivity index (χ0n) is 19.5. The predicted octanol–water partition coefficient (Wildman–Crippen LogP) is 3.80. The first-order valence-corrected chi connectivity index (χ1v) is 11.6. The molecule has 0 spiro atoms. The Bertz CT molecular complexity index is 1040. The van der Waals surface area contributed by atoms with E-state index >= 15 is 0 Å². The molecule has 0 aliphatic heterocycles. The van der Waals surface area contributed by atoms with Crippen molar-refractivity contribution in [1.82, 2.24) is 0 Å². The number of carboxylic acids is 1. The van der Waals surface area contributed by atoms with E-state index in [2.05, 4.69) is 0 Å². The van der Waals surface area contributed by atoms with Crippen molar-refractivity contribution >= 4 is 28.8 Å². The molecule has 0 aliphatic carbocycles. The van der Waals surface area contributed by atoms with E-state index in [1.165, 1.54) is 33.8 Å². The predicted molar refractivity (Wildman–Crippen MR) is 127 cm³/mol. The van der Waals surface area contributed by atoms with Gasteiger partial charge in [0.1, 0.15) is 17.2 Å². The van der Waals surface area contributed by atoms with Crippen LogP contribution in [0.2, 0.25) is 0 Å². The van der Waals surface area contributed by atoms with Crippen molar-refractivity contribution in [2.24, 2.45) is 0 Å². The van der Waals surface area contributed by atoms with E-state index in [4.69, 9.17) is 28.8 Å². The fourth-order valence-corrected chi connectivity index (χ4v) is 3.89. The van der Waals surface area contributed by atoms with Crippen LogP contribution in [0.1, 0.15) is 30.4 Å². The molecule has 0 bridgehead atoms. The number of rotatable bonds is 13. The largest absolute Gasteiger partial charge is 0.496 e. The van der Waals surface area contributed by atoms with Gasteiger partial charge in [0.05, 0.1) is 50.6 Å². The molecule has 10 heteroatoms. The molecule has 2 aromatic carbocycles. The Morgan fingerprint density at radius 3 is 2.09 bits per heavy atom. The Morgan fingerprint density at radius 1 is 0.882 bits per heavy atom. The number of aliphatic carboxylic acids is 1. The number of benzene rings is 2. The molecule has 184 valence electrons. The smallest absolute Gasteiger partial charge is 0.311 e. The minimum absolute atomic E-state index is 0.0418. The maximum atomic E-state index is 12.7. The fourth-order valence-electron chi connectivity index (χ4n) is 3.00. The molecule has 34 heavy (non-hydrogen) atoms. The van der Waals surface area contributed by atoms with Crippen molar-refractivity contribution < 1.29 is 42.6 Å². The molecule has 0 saturated carbocycles. The van der Waals surface area contributed by atoms with Gasteiger partial charge in [0.25, 0.3) is 0 Å². The molecule has 1 N–H and O–H groups in total. The molecule has 9 nitrogen and oxygen atoms in total. The molecule has 0 heterocycles. The highest BCUT2D eigenvalue weighted by atomic mass is 32.2. The first-order valence-electron chi connectivity index (χ1n) is 10.3. The molecule has 0 radical (unpaired) electrons. The number of carbonyl (C=O) groups is 2. The summed E-state index contributed by atoms with van der Waals surface area (Å²) in [6.45, 7) is 0. The van der Waals surface area contributed by atoms with Gasteiger partial charge in [-0.2, -0.15) is 0 Å². The van der Waals surface area contributed by atoms with E-state index in [0.717, 1.165) is 0 Å². The number of carboxylic acid groups (broad SMARTS) is 1. The lowest BCUT2D eigenvalue weighted by molar-refractivity contribution is -0.137. The number of hydrogen-bond acceptors (Lipinski definition) is 8. The topological polar surface area (TPSA) is 118 Å². The van der Waals surface area contributed by atoms with Crippen LogP contribution >= 0.6 is 0 Å². The van der Waals surface area contributed by atoms with Crippen LogP contribution in [0.15, 0.2) is 35.7 Å². The van der Waals surface area contributed by atoms with Gasteiger partial charge in [0.15, 0.2) is 11.5 Å². The summed E-state index contributed by atoms with van der Waals surface area (Å²) in [5.74, 6) is 0.700. The summed E-state index contributed by atoms with van der Waals surface area (Å²) in [4.78, 5) is 22.7. The summed E-state index contributed by atoms with van der Waals surface area (Å²) in [5.41, 5.74) is 1.27. The van der Waals surface area contributed by atoms with Crippen LogP contribution in [-0.4, -0.2) is 49.7 Å². The second-order valence-corrected chi connectivity index (χ2v) is 8.30. The third-order valence-electron chi connectivity index (χ3n) is 4.67. The number of ether oxygens (including phenoxy) is 5. The number of esters is 1. The van der Waals surface area contributed by atoms with E-state index in [1.54, 1.807) is 36.4 Å². The van der Waals surface area contributed by atoms with Crippen LogP contribution in [0, 0.1) is 0 Å². The minimum atomic E-state index is -1.41. The Balaban J connectivity index is 2.14. The summed E-state index contributed by atoms with van der Waals surface area (Å²) in [6.07, 6.45) is 1.66. The van der Waals surface area contributed by atoms with Gasteiger partial charge < -0.3 is 28.8 Å². The standard InChI is InChI=1S/C24H28O9S/c1-29-17-13-20(31-3)18(21(14-17)32-4)10-11-34(28)15-16-8-9-19(30-2)22(12-16)33-24(27)7-5-6-23(25)26/h8-14H,5-7,15H2,1-4H3,(H,25,26). The zero-order chi connectivity index (χ0) is 25.1. The van der Waals surface area contributed by atoms with Gasteiger partial charge in [0.2, 0.25) is 0 Å². The Labute approximate surface area is 200 Å². The molecular formula is C24H28O9S. The van der Waals surface area contributed by atoms with E-state index in [0.29, 0.717) is 34.1 Å². The third kappa shape index (κ3) is 7.80. The Morgan fingerprint density at radius 2 is 1.53 bits per heavy atom. The van der Waals surface area contributed by atoms with Gasteiger partial charge in [-0.1, -0.05) is 6.07 Å². The summed E-state index contributed by atoms with van der Waals surface area (Å²) in [6, 6.07) is 8.32. The number of carbonyl (C=O) groups excluding carboxylic acids is 1. The molecule has 0 aliphatic rings. The summed E-state index contributed by atoms with van der Waals surface area (Å²) in [7, 11) is 4.60. The lowest BCUT2D eigenvalue weighted by Gasteiger charge is -2.12. The van der Waals surface area contributed by atoms with Gasteiger partial charge in [0, 0.05) is 30.4 Å². The first kappa shape index (κ1) is 26.7. The first-order chi connectivity index (χ1) is 16.3. The van der Waals surface area contributed by atoms with Crippen molar-refractivity contribution in [3.05, 3.63) is 46.9 Å². The number of hydrogen-bond donors (Lipinski definition) is 1. The van der Waals surface area contributed by atoms with E-state index in [-0.39, 0.29) is 30.8 Å². The van der Waals surface area contributed by atoms with E-state index in [9.17, 15) is 13.8 Å². The highest BCUT2D eigenvalue weighted by molar-refractivity contribution is 7.87. The molecule has 0 saturated heterocycles. The summed E-state index contributed by atoms with van der Waals surface area (Å²) < 4.78 is 39.3. The molecule has 2 aromatic rings. The van der Waals surface area contributed by atoms with Crippen molar-refractivity contribution in [3.8, 4) is 28.7 Å². The lowest BCUT2D eigenvalue weighted by Crippen LogP contribution is -2.10. The highest BCUT2D eigenvalue weighted by Gasteiger charge is 2.14. The van der Waals surface area contributed by atoms with Crippen LogP contribution in [0.5, 0.6) is 28.7 Å². The van der Waals surface area contributed by atoms with Gasteiger partial charge >= 0.3 is 11.9 Å². The zero-order valence-corrected chi connectivity index (χ0v) is 20.3. The molecule has 0 aromatic heterocycles. The molecule has 2 rings (SSSR count). The number of methoxy groups -OCH3 is 4. The second-order valence-electron chi connectivity index (χ2n) is 6.98. The van der Waals surface area contributed by atoms with Crippen molar-refractivity contribution in [3.63, 3.8) is 0 Å². The maximum Gasteiger partial charge on any atom is 0.311 e. The highest BCUT2D eigenvalue weighted by Crippen LogP contribution is 2.35. The lowest BCUT2D eigenvalue weighted by atomic mass is 10.1. The van der Waals surface area contributed by atoms with Gasteiger partial charge in [-0.25, -0.2) is 0 Å². The van der Waals surface area contributed by atoms with Gasteiger partial charge in [-0.3, -0.25) is 13.8 Å². The van der Waals surface area contributed by atoms with E-state index in [1.807, 2.05) is 0 Å². The van der Waals surface area contributed by atoms with Crippen LogP contribution in [0.4, 0.5) is 0 Å². The van der Waals surface area contributed by atoms with E-state index < -0.39 is 22.7 Å². The monoisotopic (exact) mass is 492 g/mol. The molecular weight excluding hydrogens is 464 g/mol. The van der Waals surface area contributed by atoms with Crippen LogP contribution in [0.3, 0.4) is 0 Å². The normalized spacial score (nSPS) is 11.6. The Hall–Kier alpha value is -3.53. The second kappa shape index (κ2) is 13.2. The van der Waals surface area contributed by atoms with Crippen LogP contribution in [0.25, 0.3) is 6.08 Å². The molecule has 1 atom stereocenters. The average Bonchev–Trinajstić information content (AvgIpc) is 2.82. The fraction of sp³-hybridized carbons (Fsp3) is 0.333. The van der Waals surface area contributed by atoms with Crippen LogP contribution < -0.4 is 23.7 Å². The SMILES string of the molecule is COc1cc(OC)c(C=CS(=O)Cc2ccc(OC)c(OC(=O)CCCC(=O)O)c2)c(OC)c1. The summed E-state index contributed by atoms with van der Waals surface area (Å²) >= 11 is 0. The average molecular weight is 493 g/mol. The van der Waals surface area contributed by atoms with Crippen LogP contribution in [-0.2, 0) is 26.1 Å². The van der Waals surface area contributed by atoms with Gasteiger partial charge in [-0.05, 0) is 30.2 Å². The molecule has 1 unspecified atom stereocenters. The van der Waals surface area contributed by atoms with Gasteiger partial charge in [-0.15, -0.1) is 0 Å². The minimum Gasteiger partial charge on any atom is -0.496 e. The molecule has 0 amide bonds. The van der Waals surface area contributed by atoms with Crippen molar-refractivity contribution in [1.29, 1.82) is 0 Å². The van der Waals surface area contributed by atoms with Crippen molar-refractivity contribution in [2.45, 2.75) is 25.0 Å².